The van der Waals surface area contributed by atoms with E-state index in [1.807, 2.05) is 0 Å². The van der Waals surface area contributed by atoms with Gasteiger partial charge in [-0.15, -0.1) is 0 Å². The second-order valence-electron chi connectivity index (χ2n) is 10.0. The molecule has 0 bridgehead atoms. The van der Waals surface area contributed by atoms with E-state index in [4.69, 9.17) is 35.9 Å². The van der Waals surface area contributed by atoms with Crippen molar-refractivity contribution in [2.75, 3.05) is 0 Å². The Hall–Kier alpha value is -1.28. The minimum absolute atomic E-state index is 0.199. The van der Waals surface area contributed by atoms with Crippen LogP contribution in [0.25, 0.3) is 0 Å². The summed E-state index contributed by atoms with van der Waals surface area (Å²) in [6, 6.07) is 0. The van der Waals surface area contributed by atoms with Crippen molar-refractivity contribution in [3.05, 3.63) is 0 Å². The standard InChI is InChI=1S/C21H34N6S2/c1-20-9-7-13(24-26-18(22)28)11-12(20)3-4-14-15-5-6-17(25-27-19(23)29)21(15,2)10-8-16(14)20/h12,14-16H,3-11H2,1-2H3,(H3,22,26,28)(H3,23,27,29)/b24-13+,25-17+/t12-,14-,15-,16-,20-,21-/m0/s1. The van der Waals surface area contributed by atoms with E-state index in [0.29, 0.717) is 5.41 Å². The summed E-state index contributed by atoms with van der Waals surface area (Å²) in [6.07, 6.45) is 10.8. The van der Waals surface area contributed by atoms with Crippen molar-refractivity contribution in [3.8, 4) is 0 Å². The van der Waals surface area contributed by atoms with Gasteiger partial charge in [0.2, 0.25) is 0 Å². The van der Waals surface area contributed by atoms with Crippen LogP contribution >= 0.6 is 24.4 Å². The minimum Gasteiger partial charge on any atom is -0.375 e. The molecule has 0 spiro atoms. The molecule has 160 valence electrons. The first kappa shape index (κ1) is 21.0. The maximum absolute atomic E-state index is 5.61. The number of nitrogens with one attached hydrogen (secondary N) is 2. The second kappa shape index (κ2) is 7.76. The van der Waals surface area contributed by atoms with Gasteiger partial charge in [-0.1, -0.05) is 13.8 Å². The normalized spacial score (nSPS) is 43.9. The number of nitrogens with zero attached hydrogens (tertiary/aromatic N) is 2. The Morgan fingerprint density at radius 1 is 0.931 bits per heavy atom. The van der Waals surface area contributed by atoms with Gasteiger partial charge in [0.15, 0.2) is 10.2 Å². The van der Waals surface area contributed by atoms with E-state index in [0.717, 1.165) is 42.9 Å². The SMILES string of the molecule is C[C@]12CC/C(=N\NC(N)=S)C[C@@H]1CC[C@@H]1[C@@H]2CC[C@]2(C)/C(=N/NC(N)=S)CC[C@@H]12. The Morgan fingerprint density at radius 3 is 2.38 bits per heavy atom. The van der Waals surface area contributed by atoms with Gasteiger partial charge in [0, 0.05) is 16.8 Å². The highest BCUT2D eigenvalue weighted by Crippen LogP contribution is 2.65. The van der Waals surface area contributed by atoms with Crippen LogP contribution < -0.4 is 22.3 Å². The molecule has 0 amide bonds. The van der Waals surface area contributed by atoms with E-state index < -0.39 is 0 Å². The van der Waals surface area contributed by atoms with Crippen molar-refractivity contribution < 1.29 is 0 Å². The number of hydrogen-bond acceptors (Lipinski definition) is 4. The average molecular weight is 435 g/mol. The van der Waals surface area contributed by atoms with Gasteiger partial charge in [0.25, 0.3) is 0 Å². The Bertz CT molecular complexity index is 764. The maximum Gasteiger partial charge on any atom is 0.184 e. The van der Waals surface area contributed by atoms with Crippen LogP contribution in [0.2, 0.25) is 0 Å². The van der Waals surface area contributed by atoms with Gasteiger partial charge in [-0.05, 0) is 111 Å². The maximum atomic E-state index is 5.61. The van der Waals surface area contributed by atoms with E-state index in [1.54, 1.807) is 0 Å². The van der Waals surface area contributed by atoms with Gasteiger partial charge in [0.1, 0.15) is 0 Å². The number of hydrogen-bond donors (Lipinski definition) is 4. The quantitative estimate of drug-likeness (QED) is 0.392. The van der Waals surface area contributed by atoms with Crippen molar-refractivity contribution in [3.63, 3.8) is 0 Å². The van der Waals surface area contributed by atoms with Crippen LogP contribution in [0, 0.1) is 34.5 Å². The molecule has 0 aromatic heterocycles. The fraction of sp³-hybridized carbons (Fsp3) is 0.810. The van der Waals surface area contributed by atoms with Crippen molar-refractivity contribution in [2.24, 2.45) is 56.2 Å². The lowest BCUT2D eigenvalue weighted by molar-refractivity contribution is -0.0815. The Morgan fingerprint density at radius 2 is 1.66 bits per heavy atom. The van der Waals surface area contributed by atoms with Gasteiger partial charge < -0.3 is 11.5 Å². The summed E-state index contributed by atoms with van der Waals surface area (Å²) in [5.41, 5.74) is 20.0. The number of nitrogens with two attached hydrogens (primary N) is 2. The van der Waals surface area contributed by atoms with Crippen LogP contribution in [0.1, 0.15) is 71.6 Å². The molecule has 29 heavy (non-hydrogen) atoms. The van der Waals surface area contributed by atoms with Crippen molar-refractivity contribution in [2.45, 2.75) is 71.6 Å². The van der Waals surface area contributed by atoms with Gasteiger partial charge in [-0.3, -0.25) is 10.9 Å². The summed E-state index contributed by atoms with van der Waals surface area (Å²) in [7, 11) is 0. The Kier molecular flexibility index (Phi) is 5.61. The van der Waals surface area contributed by atoms with Crippen LogP contribution in [-0.2, 0) is 0 Å². The summed E-state index contributed by atoms with van der Waals surface area (Å²) in [5.74, 6) is 3.07. The van der Waals surface area contributed by atoms with Crippen LogP contribution in [0.5, 0.6) is 0 Å². The molecule has 4 fully saturated rings. The van der Waals surface area contributed by atoms with Crippen LogP contribution in [-0.4, -0.2) is 21.6 Å². The highest BCUT2D eigenvalue weighted by Gasteiger charge is 2.59. The molecular weight excluding hydrogens is 400 g/mol. The number of hydrazone groups is 2. The molecule has 6 nitrogen and oxygen atoms in total. The van der Waals surface area contributed by atoms with E-state index in [1.165, 1.54) is 49.9 Å². The average Bonchev–Trinajstić information content (AvgIpc) is 3.01. The Balaban J connectivity index is 1.51. The smallest absolute Gasteiger partial charge is 0.184 e. The largest absolute Gasteiger partial charge is 0.375 e. The first-order valence-electron chi connectivity index (χ1n) is 11.0. The molecule has 0 aliphatic heterocycles. The van der Waals surface area contributed by atoms with E-state index >= 15 is 0 Å². The zero-order valence-electron chi connectivity index (χ0n) is 17.5. The summed E-state index contributed by atoms with van der Waals surface area (Å²) in [5, 5.41) is 9.61. The van der Waals surface area contributed by atoms with Crippen molar-refractivity contribution >= 4 is 46.1 Å². The van der Waals surface area contributed by atoms with Crippen molar-refractivity contribution in [1.29, 1.82) is 0 Å². The molecule has 0 unspecified atom stereocenters. The predicted octanol–water partition coefficient (Wildman–Crippen LogP) is 3.41. The molecule has 4 aliphatic carbocycles. The summed E-state index contributed by atoms with van der Waals surface area (Å²) >= 11 is 9.86. The molecule has 0 radical (unpaired) electrons. The van der Waals surface area contributed by atoms with Crippen LogP contribution in [0.4, 0.5) is 0 Å². The molecule has 6 atom stereocenters. The monoisotopic (exact) mass is 434 g/mol. The van der Waals surface area contributed by atoms with Crippen LogP contribution in [0.15, 0.2) is 10.2 Å². The first-order chi connectivity index (χ1) is 13.7. The van der Waals surface area contributed by atoms with Crippen LogP contribution in [0.3, 0.4) is 0 Å². The second-order valence-corrected chi connectivity index (χ2v) is 10.9. The van der Waals surface area contributed by atoms with E-state index in [-0.39, 0.29) is 15.6 Å². The highest BCUT2D eigenvalue weighted by atomic mass is 32.1. The number of fused-ring (bicyclic) bond motifs is 5. The van der Waals surface area contributed by atoms with Gasteiger partial charge in [0.05, 0.1) is 0 Å². The summed E-state index contributed by atoms with van der Waals surface area (Å²) in [6.45, 7) is 5.00. The van der Waals surface area contributed by atoms with E-state index in [9.17, 15) is 0 Å². The van der Waals surface area contributed by atoms with E-state index in [2.05, 4.69) is 34.9 Å². The topological polar surface area (TPSA) is 101 Å². The molecule has 4 rings (SSSR count). The third kappa shape index (κ3) is 3.67. The molecule has 8 heteroatoms. The zero-order chi connectivity index (χ0) is 20.8. The zero-order valence-corrected chi connectivity index (χ0v) is 19.2. The predicted molar refractivity (Wildman–Crippen MR) is 126 cm³/mol. The highest BCUT2D eigenvalue weighted by molar-refractivity contribution is 7.80. The summed E-state index contributed by atoms with van der Waals surface area (Å²) < 4.78 is 0. The molecule has 4 saturated carbocycles. The number of thiocarbonyl (C=S) groups is 2. The third-order valence-corrected chi connectivity index (χ3v) is 9.05. The molecule has 6 N–H and O–H groups in total. The number of rotatable bonds is 2. The first-order valence-corrected chi connectivity index (χ1v) is 11.8. The molecular formula is C21H34N6S2. The lowest BCUT2D eigenvalue weighted by Gasteiger charge is -2.59. The van der Waals surface area contributed by atoms with Gasteiger partial charge in [-0.25, -0.2) is 0 Å². The molecule has 0 heterocycles. The third-order valence-electron chi connectivity index (χ3n) is 8.87. The summed E-state index contributed by atoms with van der Waals surface area (Å²) in [4.78, 5) is 0. The lowest BCUT2D eigenvalue weighted by atomic mass is 9.45. The van der Waals surface area contributed by atoms with Gasteiger partial charge >= 0.3 is 0 Å². The fourth-order valence-electron chi connectivity index (χ4n) is 7.39. The molecule has 4 aliphatic rings. The fourth-order valence-corrected chi connectivity index (χ4v) is 7.48. The Labute approximate surface area is 184 Å². The minimum atomic E-state index is 0.199. The molecule has 0 saturated heterocycles. The molecule has 0 aromatic carbocycles. The van der Waals surface area contributed by atoms with Gasteiger partial charge in [-0.2, -0.15) is 10.2 Å². The van der Waals surface area contributed by atoms with Crippen molar-refractivity contribution in [1.82, 2.24) is 10.9 Å². The lowest BCUT2D eigenvalue weighted by Crippen LogP contribution is -2.53. The molecule has 0 aromatic rings.